The zero-order valence-electron chi connectivity index (χ0n) is 23.2. The van der Waals surface area contributed by atoms with Gasteiger partial charge in [0.05, 0.1) is 24.1 Å². The molecule has 12 nitrogen and oxygen atoms in total. The first-order valence-electron chi connectivity index (χ1n) is 13.2. The van der Waals surface area contributed by atoms with Gasteiger partial charge in [0.15, 0.2) is 40.9 Å². The molecule has 1 heterocycles. The lowest BCUT2D eigenvalue weighted by Gasteiger charge is -2.52. The van der Waals surface area contributed by atoms with Crippen LogP contribution >= 0.6 is 0 Å². The predicted molar refractivity (Wildman–Crippen MR) is 145 cm³/mol. The van der Waals surface area contributed by atoms with E-state index in [9.17, 15) is 39.0 Å². The number of rotatable bonds is 6. The van der Waals surface area contributed by atoms with Gasteiger partial charge in [-0.15, -0.1) is 0 Å². The molecule has 0 spiro atoms. The number of aromatic hydroxyl groups is 1. The summed E-state index contributed by atoms with van der Waals surface area (Å²) < 4.78 is 1.67. The maximum absolute atomic E-state index is 14.1. The van der Waals surface area contributed by atoms with Gasteiger partial charge in [0, 0.05) is 49.2 Å². The summed E-state index contributed by atoms with van der Waals surface area (Å²) in [6.45, 7) is 0.126. The number of carbonyl (C=O) groups excluding carboxylic acids is 6. The van der Waals surface area contributed by atoms with Crippen LogP contribution in [0.25, 0.3) is 0 Å². The first-order chi connectivity index (χ1) is 19.2. The van der Waals surface area contributed by atoms with E-state index in [2.05, 4.69) is 0 Å². The van der Waals surface area contributed by atoms with Gasteiger partial charge in [-0.3, -0.25) is 33.7 Å². The van der Waals surface area contributed by atoms with Gasteiger partial charge in [0.1, 0.15) is 5.75 Å². The molecular formula is C29H32N4O8. The van der Waals surface area contributed by atoms with E-state index in [-0.39, 0.29) is 30.7 Å². The molecule has 4 N–H and O–H groups in total. The number of amides is 1. The average molecular weight is 565 g/mol. The van der Waals surface area contributed by atoms with Gasteiger partial charge in [-0.25, -0.2) is 0 Å². The van der Waals surface area contributed by atoms with Crippen LogP contribution in [0.5, 0.6) is 5.75 Å². The van der Waals surface area contributed by atoms with Crippen molar-refractivity contribution in [1.29, 1.82) is 0 Å². The lowest BCUT2D eigenvalue weighted by atomic mass is 9.52. The van der Waals surface area contributed by atoms with Crippen LogP contribution in [0.1, 0.15) is 38.3 Å². The molecule has 0 radical (unpaired) electrons. The van der Waals surface area contributed by atoms with Crippen LogP contribution in [0, 0.1) is 23.7 Å². The first-order valence-corrected chi connectivity index (χ1v) is 13.2. The molecule has 0 bridgehead atoms. The van der Waals surface area contributed by atoms with Crippen LogP contribution in [-0.4, -0.2) is 94.8 Å². The number of primary amides is 1. The van der Waals surface area contributed by atoms with E-state index < -0.39 is 64.4 Å². The van der Waals surface area contributed by atoms with Crippen molar-refractivity contribution in [2.45, 2.75) is 31.0 Å². The molecule has 2 aromatic rings. The van der Waals surface area contributed by atoms with Gasteiger partial charge in [-0.2, -0.15) is 0 Å². The van der Waals surface area contributed by atoms with E-state index in [1.165, 1.54) is 4.90 Å². The summed E-state index contributed by atoms with van der Waals surface area (Å²) in [5, 5.41) is 23.1. The highest BCUT2D eigenvalue weighted by Gasteiger charge is 2.69. The summed E-state index contributed by atoms with van der Waals surface area (Å²) >= 11 is 0. The molecule has 0 aliphatic heterocycles. The third-order valence-corrected chi connectivity index (χ3v) is 8.86. The van der Waals surface area contributed by atoms with Crippen LogP contribution < -0.4 is 10.6 Å². The molecule has 216 valence electrons. The van der Waals surface area contributed by atoms with Crippen LogP contribution in [0.4, 0.5) is 5.69 Å². The third kappa shape index (κ3) is 4.04. The molecule has 2 fully saturated rings. The monoisotopic (exact) mass is 564 g/mol. The van der Waals surface area contributed by atoms with Crippen LogP contribution in [0.3, 0.4) is 0 Å². The number of ketones is 4. The Kier molecular flexibility index (Phi) is 6.74. The SMILES string of the molecule is CN(C)c1cc(Cn2ccc(C=O)c2)c(O)c2c1C[C@H]1C[C@H]3[C@H](N(C)C)C(=O)C(C(N)=O)C(=O)[C@@]3(O)C(=O)C1C2=O. The minimum absolute atomic E-state index is 0.0167. The Morgan fingerprint density at radius 3 is 2.41 bits per heavy atom. The number of anilines is 1. The summed E-state index contributed by atoms with van der Waals surface area (Å²) in [7, 11) is 6.65. The fourth-order valence-electron chi connectivity index (χ4n) is 7.05. The number of nitrogens with zero attached hydrogens (tertiary/aromatic N) is 3. The molecular weight excluding hydrogens is 532 g/mol. The molecule has 12 heteroatoms. The van der Waals surface area contributed by atoms with E-state index in [0.717, 1.165) is 0 Å². The smallest absolute Gasteiger partial charge is 0.235 e. The van der Waals surface area contributed by atoms with Gasteiger partial charge >= 0.3 is 0 Å². The molecule has 3 aliphatic rings. The Morgan fingerprint density at radius 1 is 1.17 bits per heavy atom. The van der Waals surface area contributed by atoms with Crippen molar-refractivity contribution in [3.8, 4) is 5.75 Å². The van der Waals surface area contributed by atoms with Crippen molar-refractivity contribution < 1.29 is 39.0 Å². The van der Waals surface area contributed by atoms with Gasteiger partial charge < -0.3 is 25.4 Å². The van der Waals surface area contributed by atoms with Crippen molar-refractivity contribution in [3.05, 3.63) is 46.8 Å². The quantitative estimate of drug-likeness (QED) is 0.308. The number of phenols is 1. The average Bonchev–Trinajstić information content (AvgIpc) is 3.34. The Hall–Kier alpha value is -4.16. The number of phenolic OH excluding ortho intramolecular Hbond substituents is 1. The maximum Gasteiger partial charge on any atom is 0.235 e. The van der Waals surface area contributed by atoms with Crippen molar-refractivity contribution in [2.75, 3.05) is 33.1 Å². The fraction of sp³-hybridized carbons (Fsp3) is 0.448. The van der Waals surface area contributed by atoms with Gasteiger partial charge in [-0.05, 0) is 50.6 Å². The molecule has 2 unspecified atom stereocenters. The number of aliphatic hydroxyl groups is 1. The van der Waals surface area contributed by atoms with Crippen molar-refractivity contribution >= 4 is 41.0 Å². The van der Waals surface area contributed by atoms with Gasteiger partial charge in [0.25, 0.3) is 0 Å². The topological polar surface area (TPSA) is 180 Å². The minimum Gasteiger partial charge on any atom is -0.507 e. The highest BCUT2D eigenvalue weighted by atomic mass is 16.3. The van der Waals surface area contributed by atoms with E-state index in [1.54, 1.807) is 62.2 Å². The zero-order chi connectivity index (χ0) is 30.1. The lowest BCUT2D eigenvalue weighted by molar-refractivity contribution is -0.181. The number of carbonyl (C=O) groups is 6. The maximum atomic E-state index is 14.1. The Bertz CT molecular complexity index is 1520. The summed E-state index contributed by atoms with van der Waals surface area (Å²) in [6, 6.07) is 2.20. The second-order valence-electron chi connectivity index (χ2n) is 11.7. The number of Topliss-reactive ketones (excluding diaryl/α,β-unsaturated/α-hetero) is 4. The largest absolute Gasteiger partial charge is 0.507 e. The summed E-state index contributed by atoms with van der Waals surface area (Å²) in [5.74, 6) is -10.8. The van der Waals surface area contributed by atoms with E-state index in [4.69, 9.17) is 5.73 Å². The molecule has 5 rings (SSSR count). The first kappa shape index (κ1) is 28.4. The standard InChI is InChI=1S/C29H32N4O8/c1-31(2)18-9-15(11-33-6-5-13(10-33)12-34)23(35)20-16(18)7-14-8-17-22(32(3)4)25(37)21(28(30)40)27(39)29(17,41)26(38)19(14)24(20)36/h5-6,9-10,12,14,17,19,21-22,35,41H,7-8,11H2,1-4H3,(H2,30,40)/t14-,17-,19?,21?,22-,29-/m0/s1. The highest BCUT2D eigenvalue weighted by molar-refractivity contribution is 6.32. The number of hydrogen-bond donors (Lipinski definition) is 3. The number of hydrogen-bond acceptors (Lipinski definition) is 10. The molecule has 1 amide bonds. The molecule has 41 heavy (non-hydrogen) atoms. The van der Waals surface area contributed by atoms with Crippen molar-refractivity contribution in [2.24, 2.45) is 29.4 Å². The number of nitrogens with two attached hydrogens (primary N) is 1. The Balaban J connectivity index is 1.64. The number of aromatic nitrogens is 1. The summed E-state index contributed by atoms with van der Waals surface area (Å²) in [4.78, 5) is 81.3. The van der Waals surface area contributed by atoms with E-state index in [0.29, 0.717) is 28.7 Å². The number of aldehydes is 1. The molecule has 2 saturated carbocycles. The van der Waals surface area contributed by atoms with Crippen LogP contribution in [-0.2, 0) is 32.1 Å². The Morgan fingerprint density at radius 2 is 1.85 bits per heavy atom. The van der Waals surface area contributed by atoms with E-state index >= 15 is 0 Å². The second kappa shape index (κ2) is 9.74. The second-order valence-corrected chi connectivity index (χ2v) is 11.7. The molecule has 3 aliphatic carbocycles. The molecule has 1 aromatic carbocycles. The lowest BCUT2D eigenvalue weighted by Crippen LogP contribution is -2.74. The minimum atomic E-state index is -2.77. The normalized spacial score (nSPS) is 29.2. The fourth-order valence-corrected chi connectivity index (χ4v) is 7.05. The predicted octanol–water partition coefficient (Wildman–Crippen LogP) is -0.405. The molecule has 6 atom stereocenters. The van der Waals surface area contributed by atoms with Crippen LogP contribution in [0.15, 0.2) is 24.5 Å². The third-order valence-electron chi connectivity index (χ3n) is 8.86. The highest BCUT2D eigenvalue weighted by Crippen LogP contribution is 2.52. The number of benzene rings is 1. The van der Waals surface area contributed by atoms with Crippen LogP contribution in [0.2, 0.25) is 0 Å². The van der Waals surface area contributed by atoms with Gasteiger partial charge in [-0.1, -0.05) is 0 Å². The summed E-state index contributed by atoms with van der Waals surface area (Å²) in [6.07, 6.45) is 4.09. The molecule has 0 saturated heterocycles. The number of fused-ring (bicyclic) bond motifs is 3. The zero-order valence-corrected chi connectivity index (χ0v) is 23.2. The summed E-state index contributed by atoms with van der Waals surface area (Å²) in [5.41, 5.74) is 4.49. The number of likely N-dealkylation sites (N-methyl/N-ethyl adjacent to an activating group) is 1. The molecule has 1 aromatic heterocycles. The van der Waals surface area contributed by atoms with Crippen molar-refractivity contribution in [3.63, 3.8) is 0 Å². The van der Waals surface area contributed by atoms with Gasteiger partial charge in [0.2, 0.25) is 5.91 Å². The van der Waals surface area contributed by atoms with E-state index in [1.807, 2.05) is 0 Å². The Labute approximate surface area is 235 Å². The van der Waals surface area contributed by atoms with Crippen molar-refractivity contribution in [1.82, 2.24) is 9.47 Å².